The first kappa shape index (κ1) is 29.0. The van der Waals surface area contributed by atoms with Gasteiger partial charge in [-0.25, -0.2) is 9.59 Å². The van der Waals surface area contributed by atoms with Crippen LogP contribution in [0.4, 0.5) is 15.3 Å². The molecule has 214 valence electrons. The molecule has 0 aliphatic carbocycles. The van der Waals surface area contributed by atoms with Crippen molar-refractivity contribution in [1.29, 1.82) is 0 Å². The third kappa shape index (κ3) is 7.77. The van der Waals surface area contributed by atoms with E-state index in [0.29, 0.717) is 38.3 Å². The number of anilines is 1. The summed E-state index contributed by atoms with van der Waals surface area (Å²) in [5, 5.41) is 2.88. The number of carbonyl (C=O) groups excluding carboxylic acids is 3. The van der Waals surface area contributed by atoms with Crippen LogP contribution in [0.25, 0.3) is 11.1 Å². The fourth-order valence-corrected chi connectivity index (χ4v) is 4.43. The zero-order valence-corrected chi connectivity index (χ0v) is 24.2. The van der Waals surface area contributed by atoms with Gasteiger partial charge < -0.3 is 29.0 Å². The standard InChI is InChI=1S/C31H39N3O6/c1-30(2,3)39-28(36)33-15-11-22(12-16-33)21-7-9-25(10-8-21)32-27(35)26-19-24(20-38-26)23-13-17-34(18-14-23)29(37)40-31(4,5)6/h7-11,13,19-20H,12,14-18H2,1-6H3,(H,32,35). The second kappa shape index (κ2) is 11.6. The molecule has 0 saturated heterocycles. The van der Waals surface area contributed by atoms with E-state index in [1.165, 1.54) is 0 Å². The molecule has 0 spiro atoms. The first-order chi connectivity index (χ1) is 18.8. The number of furan rings is 1. The van der Waals surface area contributed by atoms with E-state index in [4.69, 9.17) is 13.9 Å². The van der Waals surface area contributed by atoms with Crippen LogP contribution in [0, 0.1) is 0 Å². The molecular weight excluding hydrogens is 510 g/mol. The maximum Gasteiger partial charge on any atom is 0.410 e. The maximum absolute atomic E-state index is 12.8. The first-order valence-corrected chi connectivity index (χ1v) is 13.6. The Morgan fingerprint density at radius 1 is 0.775 bits per heavy atom. The van der Waals surface area contributed by atoms with E-state index >= 15 is 0 Å². The van der Waals surface area contributed by atoms with Crippen molar-refractivity contribution in [1.82, 2.24) is 9.80 Å². The average Bonchev–Trinajstić information content (AvgIpc) is 3.38. The van der Waals surface area contributed by atoms with Gasteiger partial charge >= 0.3 is 12.2 Å². The van der Waals surface area contributed by atoms with E-state index in [9.17, 15) is 14.4 Å². The smallest absolute Gasteiger partial charge is 0.410 e. The molecule has 0 fully saturated rings. The number of benzene rings is 1. The molecule has 1 aromatic carbocycles. The normalized spacial score (nSPS) is 16.1. The molecule has 3 amide bonds. The number of amides is 3. The lowest BCUT2D eigenvalue weighted by Crippen LogP contribution is -2.39. The van der Waals surface area contributed by atoms with Crippen LogP contribution in [0.5, 0.6) is 0 Å². The third-order valence-electron chi connectivity index (χ3n) is 6.43. The zero-order chi connectivity index (χ0) is 29.1. The number of ether oxygens (including phenoxy) is 2. The lowest BCUT2D eigenvalue weighted by molar-refractivity contribution is 0.0260. The van der Waals surface area contributed by atoms with Crippen molar-refractivity contribution in [2.45, 2.75) is 65.6 Å². The lowest BCUT2D eigenvalue weighted by atomic mass is 9.99. The Balaban J connectivity index is 1.31. The van der Waals surface area contributed by atoms with Crippen molar-refractivity contribution in [3.05, 3.63) is 65.6 Å². The van der Waals surface area contributed by atoms with Gasteiger partial charge in [-0.15, -0.1) is 0 Å². The fraction of sp³-hybridized carbons (Fsp3) is 0.452. The Hall–Kier alpha value is -4.01. The topological polar surface area (TPSA) is 101 Å². The van der Waals surface area contributed by atoms with Gasteiger partial charge in [-0.3, -0.25) is 4.79 Å². The van der Waals surface area contributed by atoms with Crippen LogP contribution in [0.1, 0.15) is 76.1 Å². The Labute approximate surface area is 235 Å². The Bertz CT molecular complexity index is 1310. The van der Waals surface area contributed by atoms with Crippen LogP contribution in [0.3, 0.4) is 0 Å². The molecular formula is C31H39N3O6. The Morgan fingerprint density at radius 3 is 1.73 bits per heavy atom. The molecule has 0 atom stereocenters. The van der Waals surface area contributed by atoms with Gasteiger partial charge in [0.05, 0.1) is 6.26 Å². The summed E-state index contributed by atoms with van der Waals surface area (Å²) in [4.78, 5) is 40.8. The molecule has 2 aliphatic rings. The van der Waals surface area contributed by atoms with Crippen molar-refractivity contribution >= 4 is 34.9 Å². The summed E-state index contributed by atoms with van der Waals surface area (Å²) in [5.74, 6) is -0.123. The minimum atomic E-state index is -0.535. The van der Waals surface area contributed by atoms with Crippen LogP contribution in [-0.4, -0.2) is 65.3 Å². The molecule has 2 aliphatic heterocycles. The predicted octanol–water partition coefficient (Wildman–Crippen LogP) is 6.58. The van der Waals surface area contributed by atoms with Gasteiger partial charge in [0.1, 0.15) is 11.2 Å². The molecule has 0 bridgehead atoms. The zero-order valence-electron chi connectivity index (χ0n) is 24.2. The van der Waals surface area contributed by atoms with E-state index < -0.39 is 11.2 Å². The van der Waals surface area contributed by atoms with Gasteiger partial charge in [0.15, 0.2) is 5.76 Å². The lowest BCUT2D eigenvalue weighted by Gasteiger charge is -2.29. The molecule has 3 heterocycles. The van der Waals surface area contributed by atoms with Crippen molar-refractivity contribution in [2.75, 3.05) is 31.5 Å². The number of nitrogens with one attached hydrogen (secondary N) is 1. The second-order valence-corrected chi connectivity index (χ2v) is 12.0. The van der Waals surface area contributed by atoms with Crippen molar-refractivity contribution in [3.8, 4) is 0 Å². The van der Waals surface area contributed by atoms with Crippen molar-refractivity contribution in [3.63, 3.8) is 0 Å². The van der Waals surface area contributed by atoms with Crippen LogP contribution in [0.15, 0.2) is 53.2 Å². The van der Waals surface area contributed by atoms with E-state index in [1.807, 2.05) is 78.0 Å². The van der Waals surface area contributed by atoms with E-state index in [-0.39, 0.29) is 23.9 Å². The second-order valence-electron chi connectivity index (χ2n) is 12.0. The largest absolute Gasteiger partial charge is 0.459 e. The summed E-state index contributed by atoms with van der Waals surface area (Å²) >= 11 is 0. The highest BCUT2D eigenvalue weighted by Gasteiger charge is 2.26. The maximum atomic E-state index is 12.8. The summed E-state index contributed by atoms with van der Waals surface area (Å²) in [6.07, 6.45) is 6.32. The summed E-state index contributed by atoms with van der Waals surface area (Å²) in [6, 6.07) is 9.35. The first-order valence-electron chi connectivity index (χ1n) is 13.6. The number of hydrogen-bond donors (Lipinski definition) is 1. The highest BCUT2D eigenvalue weighted by atomic mass is 16.6. The van der Waals surface area contributed by atoms with Crippen molar-refractivity contribution < 1.29 is 28.3 Å². The quantitative estimate of drug-likeness (QED) is 0.462. The highest BCUT2D eigenvalue weighted by molar-refractivity contribution is 6.02. The van der Waals surface area contributed by atoms with E-state index in [2.05, 4.69) is 5.32 Å². The monoisotopic (exact) mass is 549 g/mol. The summed E-state index contributed by atoms with van der Waals surface area (Å²) in [6.45, 7) is 13.2. The third-order valence-corrected chi connectivity index (χ3v) is 6.43. The minimum Gasteiger partial charge on any atom is -0.459 e. The fourth-order valence-electron chi connectivity index (χ4n) is 4.43. The number of carbonyl (C=O) groups is 3. The minimum absolute atomic E-state index is 0.215. The number of hydrogen-bond acceptors (Lipinski definition) is 6. The highest BCUT2D eigenvalue weighted by Crippen LogP contribution is 2.27. The molecule has 40 heavy (non-hydrogen) atoms. The van der Waals surface area contributed by atoms with Gasteiger partial charge in [-0.05, 0) is 89.3 Å². The molecule has 1 N–H and O–H groups in total. The molecule has 9 nitrogen and oxygen atoms in total. The van der Waals surface area contributed by atoms with Gasteiger partial charge in [0.25, 0.3) is 5.91 Å². The molecule has 0 saturated carbocycles. The molecule has 0 unspecified atom stereocenters. The Morgan fingerprint density at radius 2 is 1.27 bits per heavy atom. The SMILES string of the molecule is CC(C)(C)OC(=O)N1CC=C(c2ccc(NC(=O)c3cc(C4=CCN(C(=O)OC(C)(C)C)CC4)co3)cc2)CC1. The van der Waals surface area contributed by atoms with Crippen LogP contribution >= 0.6 is 0 Å². The van der Waals surface area contributed by atoms with Crippen LogP contribution < -0.4 is 5.32 Å². The van der Waals surface area contributed by atoms with Gasteiger partial charge in [0.2, 0.25) is 0 Å². The molecule has 1 aromatic heterocycles. The predicted molar refractivity (Wildman–Crippen MR) is 154 cm³/mol. The Kier molecular flexibility index (Phi) is 8.42. The summed E-state index contributed by atoms with van der Waals surface area (Å²) < 4.78 is 16.5. The molecule has 9 heteroatoms. The van der Waals surface area contributed by atoms with Gasteiger partial charge in [-0.2, -0.15) is 0 Å². The van der Waals surface area contributed by atoms with E-state index in [0.717, 1.165) is 28.7 Å². The summed E-state index contributed by atoms with van der Waals surface area (Å²) in [5.41, 5.74) is 3.66. The molecule has 2 aromatic rings. The molecule has 4 rings (SSSR count). The van der Waals surface area contributed by atoms with Crippen LogP contribution in [-0.2, 0) is 9.47 Å². The van der Waals surface area contributed by atoms with Gasteiger partial charge in [0, 0.05) is 37.4 Å². The van der Waals surface area contributed by atoms with Gasteiger partial charge in [-0.1, -0.05) is 24.3 Å². The number of rotatable bonds is 4. The van der Waals surface area contributed by atoms with E-state index in [1.54, 1.807) is 22.1 Å². The number of nitrogens with zero attached hydrogens (tertiary/aromatic N) is 2. The molecule has 0 radical (unpaired) electrons. The van der Waals surface area contributed by atoms with Crippen LogP contribution in [0.2, 0.25) is 0 Å². The average molecular weight is 550 g/mol. The summed E-state index contributed by atoms with van der Waals surface area (Å²) in [7, 11) is 0. The van der Waals surface area contributed by atoms with Crippen molar-refractivity contribution in [2.24, 2.45) is 0 Å².